The summed E-state index contributed by atoms with van der Waals surface area (Å²) in [6.07, 6.45) is 1.17. The van der Waals surface area contributed by atoms with Crippen molar-refractivity contribution in [2.24, 2.45) is 0 Å². The number of aliphatic carboxylic acids is 1. The number of hydrogen-bond donors (Lipinski definition) is 1. The lowest BCUT2D eigenvalue weighted by Crippen LogP contribution is -2.23. The first-order chi connectivity index (χ1) is 8.06. The molecular weight excluding hydrogens is 230 g/mol. The van der Waals surface area contributed by atoms with Crippen LogP contribution in [0.5, 0.6) is 5.75 Å². The molecule has 1 aromatic rings. The molecule has 0 bridgehead atoms. The van der Waals surface area contributed by atoms with Crippen molar-refractivity contribution in [3.63, 3.8) is 0 Å². The van der Waals surface area contributed by atoms with E-state index in [2.05, 4.69) is 0 Å². The van der Waals surface area contributed by atoms with E-state index in [1.807, 2.05) is 0 Å². The quantitative estimate of drug-likeness (QED) is 0.860. The van der Waals surface area contributed by atoms with Crippen LogP contribution < -0.4 is 4.74 Å². The molecule has 0 radical (unpaired) electrons. The highest BCUT2D eigenvalue weighted by Gasteiger charge is 2.55. The molecular formula is C12H10F2O3. The molecule has 2 aliphatic rings. The third kappa shape index (κ3) is 1.28. The van der Waals surface area contributed by atoms with Crippen molar-refractivity contribution in [1.82, 2.24) is 0 Å². The highest BCUT2D eigenvalue weighted by molar-refractivity contribution is 5.86. The van der Waals surface area contributed by atoms with Gasteiger partial charge in [-0.3, -0.25) is 4.79 Å². The maximum atomic E-state index is 13.8. The van der Waals surface area contributed by atoms with Gasteiger partial charge in [0.25, 0.3) is 0 Å². The van der Waals surface area contributed by atoms with Crippen LogP contribution in [-0.2, 0) is 16.6 Å². The Labute approximate surface area is 96.0 Å². The zero-order valence-electron chi connectivity index (χ0n) is 8.93. The maximum Gasteiger partial charge on any atom is 0.314 e. The molecule has 90 valence electrons. The second-order valence-corrected chi connectivity index (χ2v) is 4.51. The summed E-state index contributed by atoms with van der Waals surface area (Å²) >= 11 is 0. The number of halogens is 2. The van der Waals surface area contributed by atoms with Gasteiger partial charge in [0.1, 0.15) is 5.82 Å². The van der Waals surface area contributed by atoms with Crippen LogP contribution in [0.15, 0.2) is 6.07 Å². The van der Waals surface area contributed by atoms with E-state index in [1.54, 1.807) is 0 Å². The topological polar surface area (TPSA) is 46.5 Å². The number of carboxylic acid groups (broad SMARTS) is 1. The van der Waals surface area contributed by atoms with Crippen molar-refractivity contribution >= 4 is 5.97 Å². The maximum absolute atomic E-state index is 13.8. The summed E-state index contributed by atoms with van der Waals surface area (Å²) in [6, 6.07) is 0.725. The molecule has 1 saturated carbocycles. The second kappa shape index (κ2) is 3.18. The number of fused-ring (bicyclic) bond motifs is 1. The van der Waals surface area contributed by atoms with E-state index >= 15 is 0 Å². The molecule has 0 aromatic heterocycles. The molecule has 3 rings (SSSR count). The van der Waals surface area contributed by atoms with Gasteiger partial charge in [0.2, 0.25) is 0 Å². The van der Waals surface area contributed by atoms with Crippen LogP contribution in [0.3, 0.4) is 0 Å². The standard InChI is InChI=1S/C12H10F2O3/c13-7-5-8(14)10-6(1-4-17-10)9(7)12(2-3-12)11(15)16/h5H,1-4H2,(H,15,16). The fourth-order valence-electron chi connectivity index (χ4n) is 2.51. The van der Waals surface area contributed by atoms with Gasteiger partial charge in [-0.25, -0.2) is 8.78 Å². The molecule has 0 atom stereocenters. The minimum atomic E-state index is -1.16. The number of rotatable bonds is 2. The normalized spacial score (nSPS) is 19.6. The third-order valence-corrected chi connectivity index (χ3v) is 3.52. The zero-order valence-corrected chi connectivity index (χ0v) is 8.93. The summed E-state index contributed by atoms with van der Waals surface area (Å²) in [7, 11) is 0. The second-order valence-electron chi connectivity index (χ2n) is 4.51. The van der Waals surface area contributed by atoms with Crippen LogP contribution in [-0.4, -0.2) is 17.7 Å². The van der Waals surface area contributed by atoms with E-state index in [9.17, 15) is 18.7 Å². The minimum Gasteiger partial charge on any atom is -0.490 e. The highest BCUT2D eigenvalue weighted by atomic mass is 19.1. The van der Waals surface area contributed by atoms with Crippen molar-refractivity contribution in [2.75, 3.05) is 6.61 Å². The number of ether oxygens (including phenoxy) is 1. The Morgan fingerprint density at radius 3 is 2.65 bits per heavy atom. The molecule has 5 heteroatoms. The Morgan fingerprint density at radius 2 is 2.06 bits per heavy atom. The Morgan fingerprint density at radius 1 is 1.35 bits per heavy atom. The number of carbonyl (C=O) groups is 1. The van der Waals surface area contributed by atoms with E-state index in [1.165, 1.54) is 0 Å². The van der Waals surface area contributed by atoms with E-state index < -0.39 is 23.0 Å². The SMILES string of the molecule is O=C(O)C1(c2c(F)cc(F)c3c2CCO3)CC1. The average molecular weight is 240 g/mol. The minimum absolute atomic E-state index is 0.0222. The summed E-state index contributed by atoms with van der Waals surface area (Å²) in [5.41, 5.74) is -0.642. The molecule has 0 unspecified atom stereocenters. The Kier molecular flexibility index (Phi) is 1.97. The van der Waals surface area contributed by atoms with Gasteiger partial charge in [0.15, 0.2) is 11.6 Å². The summed E-state index contributed by atoms with van der Waals surface area (Å²) < 4.78 is 32.4. The Hall–Kier alpha value is -1.65. The fourth-order valence-corrected chi connectivity index (χ4v) is 2.51. The number of benzene rings is 1. The molecule has 1 aliphatic heterocycles. The van der Waals surface area contributed by atoms with Gasteiger partial charge >= 0.3 is 5.97 Å². The van der Waals surface area contributed by atoms with E-state index in [0.29, 0.717) is 24.8 Å². The Bertz CT molecular complexity index is 521. The average Bonchev–Trinajstić information content (AvgIpc) is 2.89. The van der Waals surface area contributed by atoms with Gasteiger partial charge < -0.3 is 9.84 Å². The van der Waals surface area contributed by atoms with Gasteiger partial charge in [-0.05, 0) is 12.8 Å². The van der Waals surface area contributed by atoms with Gasteiger partial charge in [0, 0.05) is 23.6 Å². The molecule has 3 nitrogen and oxygen atoms in total. The molecule has 1 N–H and O–H groups in total. The summed E-state index contributed by atoms with van der Waals surface area (Å²) in [5, 5.41) is 9.18. The van der Waals surface area contributed by atoms with Crippen LogP contribution in [0.25, 0.3) is 0 Å². The van der Waals surface area contributed by atoms with Gasteiger partial charge in [-0.2, -0.15) is 0 Å². The first kappa shape index (κ1) is 10.5. The molecule has 1 aliphatic carbocycles. The smallest absolute Gasteiger partial charge is 0.314 e. The summed E-state index contributed by atoms with van der Waals surface area (Å²) in [6.45, 7) is 0.276. The van der Waals surface area contributed by atoms with Crippen molar-refractivity contribution < 1.29 is 23.4 Å². The van der Waals surface area contributed by atoms with Gasteiger partial charge in [-0.15, -0.1) is 0 Å². The van der Waals surface area contributed by atoms with E-state index in [0.717, 1.165) is 6.07 Å². The molecule has 1 aromatic carbocycles. The van der Waals surface area contributed by atoms with Crippen molar-refractivity contribution in [2.45, 2.75) is 24.7 Å². The molecule has 1 heterocycles. The van der Waals surface area contributed by atoms with Crippen LogP contribution in [0.2, 0.25) is 0 Å². The summed E-state index contributed by atoms with van der Waals surface area (Å²) in [5.74, 6) is -2.54. The van der Waals surface area contributed by atoms with Gasteiger partial charge in [0.05, 0.1) is 12.0 Å². The van der Waals surface area contributed by atoms with Crippen LogP contribution >= 0.6 is 0 Å². The summed E-state index contributed by atoms with van der Waals surface area (Å²) in [4.78, 5) is 11.2. The molecule has 1 fully saturated rings. The van der Waals surface area contributed by atoms with E-state index in [-0.39, 0.29) is 17.9 Å². The number of carboxylic acids is 1. The van der Waals surface area contributed by atoms with Crippen molar-refractivity contribution in [1.29, 1.82) is 0 Å². The van der Waals surface area contributed by atoms with Crippen LogP contribution in [0, 0.1) is 11.6 Å². The van der Waals surface area contributed by atoms with Crippen molar-refractivity contribution in [3.05, 3.63) is 28.8 Å². The molecule has 0 saturated heterocycles. The van der Waals surface area contributed by atoms with Gasteiger partial charge in [-0.1, -0.05) is 0 Å². The molecule has 0 amide bonds. The predicted octanol–water partition coefficient (Wildman–Crippen LogP) is 2.02. The third-order valence-electron chi connectivity index (χ3n) is 3.52. The fraction of sp³-hybridized carbons (Fsp3) is 0.417. The molecule has 17 heavy (non-hydrogen) atoms. The monoisotopic (exact) mass is 240 g/mol. The lowest BCUT2D eigenvalue weighted by Gasteiger charge is -2.15. The molecule has 0 spiro atoms. The lowest BCUT2D eigenvalue weighted by molar-refractivity contribution is -0.140. The largest absolute Gasteiger partial charge is 0.490 e. The first-order valence-corrected chi connectivity index (χ1v) is 5.44. The predicted molar refractivity (Wildman–Crippen MR) is 54.1 cm³/mol. The highest BCUT2D eigenvalue weighted by Crippen LogP contribution is 2.53. The van der Waals surface area contributed by atoms with Crippen LogP contribution in [0.1, 0.15) is 24.0 Å². The lowest BCUT2D eigenvalue weighted by atomic mass is 9.89. The number of hydrogen-bond acceptors (Lipinski definition) is 2. The van der Waals surface area contributed by atoms with E-state index in [4.69, 9.17) is 4.74 Å². The first-order valence-electron chi connectivity index (χ1n) is 5.44. The Balaban J connectivity index is 2.24. The van der Waals surface area contributed by atoms with Crippen molar-refractivity contribution in [3.8, 4) is 5.75 Å². The van der Waals surface area contributed by atoms with Crippen LogP contribution in [0.4, 0.5) is 8.78 Å². The zero-order chi connectivity index (χ0) is 12.2.